The van der Waals surface area contributed by atoms with E-state index in [4.69, 9.17) is 5.11 Å². The quantitative estimate of drug-likeness (QED) is 0.794. The van der Waals surface area contributed by atoms with Crippen LogP contribution in [0, 0.1) is 5.41 Å². The lowest BCUT2D eigenvalue weighted by Gasteiger charge is -2.12. The molecule has 0 amide bonds. The first-order chi connectivity index (χ1) is 8.16. The van der Waals surface area contributed by atoms with E-state index in [1.807, 2.05) is 12.1 Å². The highest BCUT2D eigenvalue weighted by Gasteiger charge is 2.49. The van der Waals surface area contributed by atoms with Crippen LogP contribution in [0.3, 0.4) is 0 Å². The Balaban J connectivity index is 1.89. The third kappa shape index (κ3) is 2.78. The summed E-state index contributed by atoms with van der Waals surface area (Å²) < 4.78 is 0. The van der Waals surface area contributed by atoms with Crippen LogP contribution in [0.25, 0.3) is 0 Å². The maximum absolute atomic E-state index is 11.0. The molecular weight excluding hydrogens is 214 g/mol. The van der Waals surface area contributed by atoms with Crippen LogP contribution in [0.1, 0.15) is 31.7 Å². The Hall–Kier alpha value is -1.51. The molecule has 0 unspecified atom stereocenters. The molecule has 1 aromatic rings. The predicted molar refractivity (Wildman–Crippen MR) is 68.2 cm³/mol. The van der Waals surface area contributed by atoms with Gasteiger partial charge in [-0.15, -0.1) is 0 Å². The van der Waals surface area contributed by atoms with Crippen molar-refractivity contribution >= 4 is 11.7 Å². The van der Waals surface area contributed by atoms with Gasteiger partial charge in [0.15, 0.2) is 0 Å². The number of aryl methyl sites for hydroxylation is 1. The van der Waals surface area contributed by atoms with Crippen LogP contribution < -0.4 is 5.32 Å². The number of hydrogen-bond donors (Lipinski definition) is 2. The zero-order valence-corrected chi connectivity index (χ0v) is 10.2. The molecule has 0 aromatic heterocycles. The van der Waals surface area contributed by atoms with E-state index >= 15 is 0 Å². The molecule has 3 nitrogen and oxygen atoms in total. The van der Waals surface area contributed by atoms with Gasteiger partial charge >= 0.3 is 5.97 Å². The molecular formula is C14H19NO2. The van der Waals surface area contributed by atoms with Crippen molar-refractivity contribution in [1.82, 2.24) is 0 Å². The van der Waals surface area contributed by atoms with Crippen molar-refractivity contribution in [1.29, 1.82) is 0 Å². The van der Waals surface area contributed by atoms with E-state index in [1.165, 1.54) is 5.56 Å². The van der Waals surface area contributed by atoms with Gasteiger partial charge in [-0.2, -0.15) is 0 Å². The van der Waals surface area contributed by atoms with Crippen LogP contribution in [0.4, 0.5) is 5.69 Å². The molecule has 0 heterocycles. The molecule has 92 valence electrons. The number of rotatable bonds is 6. The predicted octanol–water partition coefficient (Wildman–Crippen LogP) is 2.92. The number of nitrogens with one attached hydrogen (secondary N) is 1. The number of carboxylic acids is 1. The van der Waals surface area contributed by atoms with Crippen molar-refractivity contribution in [3.63, 3.8) is 0 Å². The highest BCUT2D eigenvalue weighted by Crippen LogP contribution is 2.45. The summed E-state index contributed by atoms with van der Waals surface area (Å²) in [4.78, 5) is 11.0. The van der Waals surface area contributed by atoms with Crippen molar-refractivity contribution in [3.8, 4) is 0 Å². The van der Waals surface area contributed by atoms with Gasteiger partial charge in [0.25, 0.3) is 0 Å². The van der Waals surface area contributed by atoms with Crippen molar-refractivity contribution in [2.24, 2.45) is 5.41 Å². The van der Waals surface area contributed by atoms with Gasteiger partial charge in [0.05, 0.1) is 5.41 Å². The molecule has 0 spiro atoms. The Bertz CT molecular complexity index is 393. The summed E-state index contributed by atoms with van der Waals surface area (Å²) in [6, 6.07) is 8.27. The standard InChI is InChI=1S/C14H19NO2/c1-2-3-11-4-6-12(7-5-11)15-10-14(8-9-14)13(16)17/h4-7,15H,2-3,8-10H2,1H3,(H,16,17). The van der Waals surface area contributed by atoms with Gasteiger partial charge < -0.3 is 10.4 Å². The van der Waals surface area contributed by atoms with Gasteiger partial charge in [0, 0.05) is 12.2 Å². The van der Waals surface area contributed by atoms with E-state index in [0.29, 0.717) is 6.54 Å². The highest BCUT2D eigenvalue weighted by molar-refractivity contribution is 5.78. The fourth-order valence-electron chi connectivity index (χ4n) is 1.97. The van der Waals surface area contributed by atoms with Crippen molar-refractivity contribution < 1.29 is 9.90 Å². The number of anilines is 1. The first kappa shape index (κ1) is 12.0. The SMILES string of the molecule is CCCc1ccc(NCC2(C(=O)O)CC2)cc1. The molecule has 0 bridgehead atoms. The number of benzene rings is 1. The Morgan fingerprint density at radius 1 is 1.35 bits per heavy atom. The molecule has 1 aliphatic carbocycles. The first-order valence-corrected chi connectivity index (χ1v) is 6.22. The topological polar surface area (TPSA) is 49.3 Å². The maximum Gasteiger partial charge on any atom is 0.311 e. The Kier molecular flexibility index (Phi) is 3.36. The van der Waals surface area contributed by atoms with E-state index in [9.17, 15) is 4.79 Å². The fourth-order valence-corrected chi connectivity index (χ4v) is 1.97. The van der Waals surface area contributed by atoms with E-state index in [-0.39, 0.29) is 0 Å². The second-order valence-corrected chi connectivity index (χ2v) is 4.89. The van der Waals surface area contributed by atoms with Crippen LogP contribution in [-0.2, 0) is 11.2 Å². The van der Waals surface area contributed by atoms with Crippen LogP contribution in [0.5, 0.6) is 0 Å². The van der Waals surface area contributed by atoms with Crippen LogP contribution in [-0.4, -0.2) is 17.6 Å². The number of carbonyl (C=O) groups is 1. The third-order valence-corrected chi connectivity index (χ3v) is 3.43. The van der Waals surface area contributed by atoms with Crippen LogP contribution in [0.15, 0.2) is 24.3 Å². The Morgan fingerprint density at radius 3 is 2.47 bits per heavy atom. The molecule has 0 saturated heterocycles. The van der Waals surface area contributed by atoms with Gasteiger partial charge in [-0.05, 0) is 37.0 Å². The van der Waals surface area contributed by atoms with Gasteiger partial charge in [-0.25, -0.2) is 0 Å². The lowest BCUT2D eigenvalue weighted by molar-refractivity contribution is -0.142. The maximum atomic E-state index is 11.0. The fraction of sp³-hybridized carbons (Fsp3) is 0.500. The second-order valence-electron chi connectivity index (χ2n) is 4.89. The minimum absolute atomic E-state index is 0.498. The smallest absolute Gasteiger partial charge is 0.311 e. The third-order valence-electron chi connectivity index (χ3n) is 3.43. The van der Waals surface area contributed by atoms with Crippen LogP contribution in [0.2, 0.25) is 0 Å². The zero-order chi connectivity index (χ0) is 12.3. The number of hydrogen-bond acceptors (Lipinski definition) is 2. The number of aliphatic carboxylic acids is 1. The Morgan fingerprint density at radius 2 is 2.00 bits per heavy atom. The summed E-state index contributed by atoms with van der Waals surface area (Å²) in [6.07, 6.45) is 3.83. The van der Waals surface area contributed by atoms with Crippen molar-refractivity contribution in [2.75, 3.05) is 11.9 Å². The summed E-state index contributed by atoms with van der Waals surface area (Å²) >= 11 is 0. The molecule has 1 aromatic carbocycles. The minimum atomic E-state index is -0.674. The number of carboxylic acid groups (broad SMARTS) is 1. The highest BCUT2D eigenvalue weighted by atomic mass is 16.4. The average Bonchev–Trinajstić information content (AvgIpc) is 3.10. The van der Waals surface area contributed by atoms with Gasteiger partial charge in [-0.1, -0.05) is 25.5 Å². The summed E-state index contributed by atoms with van der Waals surface area (Å²) in [6.45, 7) is 2.70. The van der Waals surface area contributed by atoms with E-state index in [1.54, 1.807) is 0 Å². The molecule has 17 heavy (non-hydrogen) atoms. The molecule has 1 saturated carbocycles. The zero-order valence-electron chi connectivity index (χ0n) is 10.2. The summed E-state index contributed by atoms with van der Waals surface area (Å²) in [5.41, 5.74) is 1.84. The molecule has 3 heteroatoms. The lowest BCUT2D eigenvalue weighted by atomic mass is 10.1. The van der Waals surface area contributed by atoms with Crippen molar-refractivity contribution in [2.45, 2.75) is 32.6 Å². The van der Waals surface area contributed by atoms with Gasteiger partial charge in [0.2, 0.25) is 0 Å². The van der Waals surface area contributed by atoms with Gasteiger partial charge in [0.1, 0.15) is 0 Å². The van der Waals surface area contributed by atoms with E-state index in [2.05, 4.69) is 24.4 Å². The summed E-state index contributed by atoms with van der Waals surface area (Å²) in [5.74, 6) is -0.674. The van der Waals surface area contributed by atoms with E-state index < -0.39 is 11.4 Å². The molecule has 0 radical (unpaired) electrons. The van der Waals surface area contributed by atoms with Crippen molar-refractivity contribution in [3.05, 3.63) is 29.8 Å². The second kappa shape index (κ2) is 4.78. The molecule has 1 aliphatic rings. The minimum Gasteiger partial charge on any atom is -0.481 e. The average molecular weight is 233 g/mol. The lowest BCUT2D eigenvalue weighted by Crippen LogP contribution is -2.24. The molecule has 0 atom stereocenters. The van der Waals surface area contributed by atoms with Gasteiger partial charge in [-0.3, -0.25) is 4.79 Å². The largest absolute Gasteiger partial charge is 0.481 e. The molecule has 2 N–H and O–H groups in total. The molecule has 1 fully saturated rings. The molecule has 2 rings (SSSR count). The monoisotopic (exact) mass is 233 g/mol. The Labute approximate surface area is 102 Å². The normalized spacial score (nSPS) is 16.5. The summed E-state index contributed by atoms with van der Waals surface area (Å²) in [5, 5.41) is 12.3. The van der Waals surface area contributed by atoms with Crippen LogP contribution >= 0.6 is 0 Å². The van der Waals surface area contributed by atoms with E-state index in [0.717, 1.165) is 31.4 Å². The first-order valence-electron chi connectivity index (χ1n) is 6.22. The molecule has 0 aliphatic heterocycles. The summed E-state index contributed by atoms with van der Waals surface area (Å²) in [7, 11) is 0.